The highest BCUT2D eigenvalue weighted by Crippen LogP contribution is 2.33. The van der Waals surface area contributed by atoms with Crippen molar-refractivity contribution in [1.29, 1.82) is 0 Å². The Balaban J connectivity index is 1.70. The normalized spacial score (nSPS) is 10.8. The molecule has 7 heteroatoms. The van der Waals surface area contributed by atoms with E-state index in [2.05, 4.69) is 4.98 Å². The summed E-state index contributed by atoms with van der Waals surface area (Å²) in [5.41, 5.74) is 1.34. The van der Waals surface area contributed by atoms with Crippen LogP contribution in [0.1, 0.15) is 23.0 Å². The fraction of sp³-hybridized carbons (Fsp3) is 0.182. The topological polar surface area (TPSA) is 64.8 Å². The molecular formula is C22H20N2O4S. The van der Waals surface area contributed by atoms with Gasteiger partial charge >= 0.3 is 0 Å². The predicted molar refractivity (Wildman–Crippen MR) is 113 cm³/mol. The van der Waals surface area contributed by atoms with Gasteiger partial charge in [0.2, 0.25) is 0 Å². The lowest BCUT2D eigenvalue weighted by molar-refractivity contribution is 0.0983. The summed E-state index contributed by atoms with van der Waals surface area (Å²) in [4.78, 5) is 19.6. The zero-order chi connectivity index (χ0) is 20.2. The summed E-state index contributed by atoms with van der Waals surface area (Å²) in [6.07, 6.45) is 1.60. The van der Waals surface area contributed by atoms with Crippen LogP contribution in [0.2, 0.25) is 0 Å². The molecule has 4 aromatic rings. The van der Waals surface area contributed by atoms with Crippen molar-refractivity contribution in [3.8, 4) is 11.5 Å². The molecule has 0 aliphatic heterocycles. The van der Waals surface area contributed by atoms with Crippen molar-refractivity contribution < 1.29 is 18.7 Å². The van der Waals surface area contributed by atoms with Gasteiger partial charge in [-0.3, -0.25) is 9.69 Å². The van der Waals surface area contributed by atoms with Gasteiger partial charge in [-0.15, -0.1) is 0 Å². The lowest BCUT2D eigenvalue weighted by Gasteiger charge is -2.19. The van der Waals surface area contributed by atoms with E-state index >= 15 is 0 Å². The number of rotatable bonds is 7. The minimum Gasteiger partial charge on any atom is -0.497 e. The number of furan rings is 1. The van der Waals surface area contributed by atoms with Gasteiger partial charge in [-0.2, -0.15) is 0 Å². The highest BCUT2D eigenvalue weighted by molar-refractivity contribution is 7.22. The number of carbonyl (C=O) groups is 1. The van der Waals surface area contributed by atoms with Gasteiger partial charge in [-0.1, -0.05) is 11.3 Å². The second kappa shape index (κ2) is 8.36. The van der Waals surface area contributed by atoms with Crippen molar-refractivity contribution >= 4 is 32.6 Å². The van der Waals surface area contributed by atoms with Crippen LogP contribution < -0.4 is 14.4 Å². The van der Waals surface area contributed by atoms with Crippen LogP contribution in [0.15, 0.2) is 65.3 Å². The third-order valence-electron chi connectivity index (χ3n) is 4.37. The van der Waals surface area contributed by atoms with E-state index in [1.807, 2.05) is 31.2 Å². The van der Waals surface area contributed by atoms with Crippen molar-refractivity contribution in [2.24, 2.45) is 0 Å². The summed E-state index contributed by atoms with van der Waals surface area (Å²) in [7, 11) is 1.62. The predicted octanol–water partition coefficient (Wildman–Crippen LogP) is 5.14. The van der Waals surface area contributed by atoms with E-state index in [0.29, 0.717) is 23.1 Å². The molecule has 0 radical (unpaired) electrons. The molecular weight excluding hydrogens is 388 g/mol. The zero-order valence-electron chi connectivity index (χ0n) is 16.1. The van der Waals surface area contributed by atoms with E-state index in [1.54, 1.807) is 48.6 Å². The number of hydrogen-bond donors (Lipinski definition) is 0. The average Bonchev–Trinajstić information content (AvgIpc) is 3.41. The van der Waals surface area contributed by atoms with Crippen LogP contribution in [0, 0.1) is 0 Å². The van der Waals surface area contributed by atoms with E-state index in [4.69, 9.17) is 13.9 Å². The first-order valence-corrected chi connectivity index (χ1v) is 10.0. The van der Waals surface area contributed by atoms with E-state index in [1.165, 1.54) is 11.3 Å². The molecule has 2 aromatic carbocycles. The summed E-state index contributed by atoms with van der Waals surface area (Å²) in [5.74, 6) is 1.98. The second-order valence-electron chi connectivity index (χ2n) is 6.26. The number of thiazole rings is 1. The monoisotopic (exact) mass is 408 g/mol. The molecule has 2 aromatic heterocycles. The third kappa shape index (κ3) is 4.09. The van der Waals surface area contributed by atoms with Crippen LogP contribution in [0.3, 0.4) is 0 Å². The van der Waals surface area contributed by atoms with Gasteiger partial charge in [0.1, 0.15) is 17.3 Å². The summed E-state index contributed by atoms with van der Waals surface area (Å²) < 4.78 is 17.2. The average molecular weight is 408 g/mol. The van der Waals surface area contributed by atoms with E-state index < -0.39 is 0 Å². The Bertz CT molecular complexity index is 1100. The fourth-order valence-electron chi connectivity index (χ4n) is 2.94. The number of anilines is 1. The highest BCUT2D eigenvalue weighted by atomic mass is 32.1. The molecule has 2 heterocycles. The van der Waals surface area contributed by atoms with Crippen molar-refractivity contribution in [2.75, 3.05) is 18.6 Å². The van der Waals surface area contributed by atoms with Crippen LogP contribution in [0.25, 0.3) is 10.2 Å². The van der Waals surface area contributed by atoms with Gasteiger partial charge in [-0.05, 0) is 55.5 Å². The summed E-state index contributed by atoms with van der Waals surface area (Å²) >= 11 is 1.45. The van der Waals surface area contributed by atoms with Crippen LogP contribution in [0.5, 0.6) is 11.5 Å². The number of ether oxygens (including phenoxy) is 2. The van der Waals surface area contributed by atoms with Gasteiger partial charge in [0, 0.05) is 11.6 Å². The lowest BCUT2D eigenvalue weighted by atomic mass is 10.2. The van der Waals surface area contributed by atoms with Crippen molar-refractivity contribution in [3.63, 3.8) is 0 Å². The van der Waals surface area contributed by atoms with Crippen LogP contribution >= 0.6 is 11.3 Å². The largest absolute Gasteiger partial charge is 0.497 e. The molecule has 6 nitrogen and oxygen atoms in total. The van der Waals surface area contributed by atoms with Gasteiger partial charge in [0.25, 0.3) is 5.91 Å². The Morgan fingerprint density at radius 1 is 1.14 bits per heavy atom. The van der Waals surface area contributed by atoms with Gasteiger partial charge < -0.3 is 13.9 Å². The van der Waals surface area contributed by atoms with Crippen LogP contribution in [-0.4, -0.2) is 24.6 Å². The first-order valence-electron chi connectivity index (χ1n) is 9.19. The van der Waals surface area contributed by atoms with Crippen LogP contribution in [-0.2, 0) is 6.54 Å². The Labute approximate surface area is 172 Å². The number of aromatic nitrogens is 1. The Morgan fingerprint density at radius 3 is 2.62 bits per heavy atom. The number of amides is 1. The van der Waals surface area contributed by atoms with E-state index in [9.17, 15) is 4.79 Å². The number of carbonyl (C=O) groups excluding carboxylic acids is 1. The molecule has 0 atom stereocenters. The Morgan fingerprint density at radius 2 is 1.93 bits per heavy atom. The third-order valence-corrected chi connectivity index (χ3v) is 5.43. The summed E-state index contributed by atoms with van der Waals surface area (Å²) in [5, 5.41) is 0.600. The lowest BCUT2D eigenvalue weighted by Crippen LogP contribution is -2.30. The van der Waals surface area contributed by atoms with E-state index in [0.717, 1.165) is 21.7 Å². The zero-order valence-corrected chi connectivity index (χ0v) is 16.9. The Kier molecular flexibility index (Phi) is 5.48. The standard InChI is InChI=1S/C22H20N2O4S/c1-3-27-16-8-6-15(7-9-16)21(25)24(14-18-5-4-12-28-18)22-23-19-13-17(26-2)10-11-20(19)29-22/h4-13H,3,14H2,1-2H3. The van der Waals surface area contributed by atoms with Crippen molar-refractivity contribution in [3.05, 3.63) is 72.2 Å². The first kappa shape index (κ1) is 19.0. The van der Waals surface area contributed by atoms with Crippen LogP contribution in [0.4, 0.5) is 5.13 Å². The summed E-state index contributed by atoms with van der Waals surface area (Å²) in [6.45, 7) is 2.79. The maximum absolute atomic E-state index is 13.3. The molecule has 1 amide bonds. The molecule has 0 fully saturated rings. The first-order chi connectivity index (χ1) is 14.2. The van der Waals surface area contributed by atoms with Gasteiger partial charge in [-0.25, -0.2) is 4.98 Å². The summed E-state index contributed by atoms with van der Waals surface area (Å²) in [6, 6.07) is 16.5. The number of benzene rings is 2. The quantitative estimate of drug-likeness (QED) is 0.423. The maximum atomic E-state index is 13.3. The molecule has 0 unspecified atom stereocenters. The molecule has 29 heavy (non-hydrogen) atoms. The molecule has 148 valence electrons. The maximum Gasteiger partial charge on any atom is 0.260 e. The second-order valence-corrected chi connectivity index (χ2v) is 7.27. The molecule has 0 spiro atoms. The van der Waals surface area contributed by atoms with Gasteiger partial charge in [0.05, 0.1) is 36.7 Å². The minimum atomic E-state index is -0.157. The molecule has 0 saturated carbocycles. The molecule has 0 saturated heterocycles. The molecule has 0 aliphatic carbocycles. The van der Waals surface area contributed by atoms with E-state index in [-0.39, 0.29) is 12.5 Å². The number of fused-ring (bicyclic) bond motifs is 1. The number of hydrogen-bond acceptors (Lipinski definition) is 6. The van der Waals surface area contributed by atoms with Gasteiger partial charge in [0.15, 0.2) is 5.13 Å². The molecule has 4 rings (SSSR count). The SMILES string of the molecule is CCOc1ccc(C(=O)N(Cc2ccco2)c2nc3cc(OC)ccc3s2)cc1. The van der Waals surface area contributed by atoms with Crippen molar-refractivity contribution in [1.82, 2.24) is 4.98 Å². The number of nitrogens with zero attached hydrogens (tertiary/aromatic N) is 2. The highest BCUT2D eigenvalue weighted by Gasteiger charge is 2.23. The van der Waals surface area contributed by atoms with Crippen molar-refractivity contribution in [2.45, 2.75) is 13.5 Å². The fourth-order valence-corrected chi connectivity index (χ4v) is 3.88. The molecule has 0 aliphatic rings. The molecule has 0 bridgehead atoms. The number of methoxy groups -OCH3 is 1. The molecule has 0 N–H and O–H groups in total. The Hall–Kier alpha value is -3.32. The minimum absolute atomic E-state index is 0.157. The smallest absolute Gasteiger partial charge is 0.260 e.